The summed E-state index contributed by atoms with van der Waals surface area (Å²) in [5.74, 6) is 0.283. The average molecular weight is 362 g/mol. The van der Waals surface area contributed by atoms with E-state index in [4.69, 9.17) is 23.2 Å². The number of nitrogens with one attached hydrogen (secondary N) is 2. The summed E-state index contributed by atoms with van der Waals surface area (Å²) in [5.41, 5.74) is 3.78. The first-order valence-corrected chi connectivity index (χ1v) is 8.86. The molecule has 1 aromatic heterocycles. The fraction of sp³-hybridized carbons (Fsp3) is 0.333. The van der Waals surface area contributed by atoms with Gasteiger partial charge in [-0.05, 0) is 54.5 Å². The normalized spacial score (nSPS) is 19.3. The number of aromatic nitrogens is 1. The summed E-state index contributed by atoms with van der Waals surface area (Å²) in [5, 5.41) is 7.32. The Morgan fingerprint density at radius 2 is 1.96 bits per heavy atom. The van der Waals surface area contributed by atoms with Crippen LogP contribution in [0.25, 0.3) is 0 Å². The maximum absolute atomic E-state index is 12.9. The van der Waals surface area contributed by atoms with Gasteiger partial charge in [0.2, 0.25) is 5.91 Å². The number of carbonyl (C=O) groups excluding carboxylic acids is 1. The van der Waals surface area contributed by atoms with Gasteiger partial charge in [-0.25, -0.2) is 0 Å². The van der Waals surface area contributed by atoms with Crippen LogP contribution in [-0.4, -0.2) is 17.4 Å². The van der Waals surface area contributed by atoms with Crippen LogP contribution in [0, 0.1) is 0 Å². The van der Waals surface area contributed by atoms with Gasteiger partial charge in [-0.3, -0.25) is 9.78 Å². The number of fused-ring (bicyclic) bond motifs is 1. The lowest BCUT2D eigenvalue weighted by molar-refractivity contribution is -0.117. The lowest BCUT2D eigenvalue weighted by atomic mass is 9.90. The fourth-order valence-electron chi connectivity index (χ4n) is 3.26. The Labute approximate surface area is 150 Å². The van der Waals surface area contributed by atoms with Gasteiger partial charge in [0, 0.05) is 18.4 Å². The van der Waals surface area contributed by atoms with Gasteiger partial charge in [-0.2, -0.15) is 0 Å². The highest BCUT2D eigenvalue weighted by atomic mass is 35.5. The van der Waals surface area contributed by atoms with E-state index in [1.807, 2.05) is 6.07 Å². The second-order valence-corrected chi connectivity index (χ2v) is 7.16. The van der Waals surface area contributed by atoms with Crippen LogP contribution in [0.1, 0.15) is 42.2 Å². The standard InChI is InChI=1S/C18H17Cl2N3O/c19-14-7-13-12(4-6-22-16(13)8-15(14)20)18(24)23-17-9-21-5-3-11(17)10-1-2-10/h3,5,7-10,12,22H,1-2,4,6H2,(H,23,24). The topological polar surface area (TPSA) is 54.0 Å². The number of hydrogen-bond donors (Lipinski definition) is 2. The molecule has 1 unspecified atom stereocenters. The molecule has 1 atom stereocenters. The van der Waals surface area contributed by atoms with Crippen LogP contribution in [0.2, 0.25) is 10.0 Å². The number of pyridine rings is 1. The van der Waals surface area contributed by atoms with Gasteiger partial charge in [-0.15, -0.1) is 0 Å². The molecule has 0 bridgehead atoms. The van der Waals surface area contributed by atoms with E-state index in [1.165, 1.54) is 18.4 Å². The molecule has 1 aliphatic carbocycles. The molecule has 1 fully saturated rings. The predicted octanol–water partition coefficient (Wildman–Crippen LogP) is 4.80. The lowest BCUT2D eigenvalue weighted by Gasteiger charge is -2.27. The second-order valence-electron chi connectivity index (χ2n) is 6.35. The number of halogens is 2. The highest BCUT2D eigenvalue weighted by Crippen LogP contribution is 2.43. The van der Waals surface area contributed by atoms with E-state index in [9.17, 15) is 4.79 Å². The lowest BCUT2D eigenvalue weighted by Crippen LogP contribution is -2.28. The number of benzene rings is 1. The van der Waals surface area contributed by atoms with Crippen molar-refractivity contribution in [3.8, 4) is 0 Å². The Kier molecular flexibility index (Phi) is 4.10. The Balaban J connectivity index is 1.61. The Hall–Kier alpha value is -1.78. The zero-order valence-electron chi connectivity index (χ0n) is 13.0. The molecule has 124 valence electrons. The third-order valence-corrected chi connectivity index (χ3v) is 5.38. The van der Waals surface area contributed by atoms with Gasteiger partial charge in [-0.1, -0.05) is 23.2 Å². The van der Waals surface area contributed by atoms with Gasteiger partial charge in [0.15, 0.2) is 0 Å². The highest BCUT2D eigenvalue weighted by Gasteiger charge is 2.30. The van der Waals surface area contributed by atoms with Crippen LogP contribution >= 0.6 is 23.2 Å². The zero-order chi connectivity index (χ0) is 16.7. The van der Waals surface area contributed by atoms with Crippen molar-refractivity contribution in [2.45, 2.75) is 31.1 Å². The molecule has 2 aromatic rings. The molecule has 0 spiro atoms. The van der Waals surface area contributed by atoms with Crippen molar-refractivity contribution in [1.29, 1.82) is 0 Å². The molecule has 0 radical (unpaired) electrons. The van der Waals surface area contributed by atoms with Crippen molar-refractivity contribution in [2.75, 3.05) is 17.2 Å². The third-order valence-electron chi connectivity index (χ3n) is 4.66. The summed E-state index contributed by atoms with van der Waals surface area (Å²) in [4.78, 5) is 17.0. The molecular weight excluding hydrogens is 345 g/mol. The number of rotatable bonds is 3. The smallest absolute Gasteiger partial charge is 0.232 e. The van der Waals surface area contributed by atoms with Crippen LogP contribution in [0.3, 0.4) is 0 Å². The van der Waals surface area contributed by atoms with Crippen molar-refractivity contribution in [1.82, 2.24) is 4.98 Å². The molecular formula is C18H17Cl2N3O. The van der Waals surface area contributed by atoms with Crippen molar-refractivity contribution < 1.29 is 4.79 Å². The fourth-order valence-corrected chi connectivity index (χ4v) is 3.60. The highest BCUT2D eigenvalue weighted by molar-refractivity contribution is 6.42. The summed E-state index contributed by atoms with van der Waals surface area (Å²) < 4.78 is 0. The molecule has 1 amide bonds. The summed E-state index contributed by atoms with van der Waals surface area (Å²) >= 11 is 12.2. The molecule has 4 nitrogen and oxygen atoms in total. The van der Waals surface area contributed by atoms with Gasteiger partial charge < -0.3 is 10.6 Å². The first kappa shape index (κ1) is 15.7. The minimum absolute atomic E-state index is 0.0222. The molecule has 2 heterocycles. The Morgan fingerprint density at radius 1 is 1.17 bits per heavy atom. The van der Waals surface area contributed by atoms with Crippen LogP contribution in [0.5, 0.6) is 0 Å². The van der Waals surface area contributed by atoms with Gasteiger partial charge in [0.25, 0.3) is 0 Å². The number of hydrogen-bond acceptors (Lipinski definition) is 3. The van der Waals surface area contributed by atoms with E-state index in [-0.39, 0.29) is 11.8 Å². The minimum atomic E-state index is -0.247. The van der Waals surface area contributed by atoms with E-state index in [2.05, 4.69) is 15.6 Å². The minimum Gasteiger partial charge on any atom is -0.385 e. The third kappa shape index (κ3) is 2.96. The maximum atomic E-state index is 12.9. The quantitative estimate of drug-likeness (QED) is 0.824. The van der Waals surface area contributed by atoms with E-state index < -0.39 is 0 Å². The summed E-state index contributed by atoms with van der Waals surface area (Å²) in [6.45, 7) is 0.728. The van der Waals surface area contributed by atoms with Crippen molar-refractivity contribution in [3.63, 3.8) is 0 Å². The zero-order valence-corrected chi connectivity index (χ0v) is 14.5. The van der Waals surface area contributed by atoms with E-state index in [1.54, 1.807) is 24.5 Å². The number of nitrogens with zero attached hydrogens (tertiary/aromatic N) is 1. The van der Waals surface area contributed by atoms with E-state index in [0.29, 0.717) is 16.0 Å². The van der Waals surface area contributed by atoms with Crippen LogP contribution < -0.4 is 10.6 Å². The van der Waals surface area contributed by atoms with Crippen LogP contribution in [-0.2, 0) is 4.79 Å². The average Bonchev–Trinajstić information content (AvgIpc) is 3.41. The second kappa shape index (κ2) is 6.26. The van der Waals surface area contributed by atoms with Crippen LogP contribution in [0.4, 0.5) is 11.4 Å². The molecule has 0 saturated heterocycles. The molecule has 6 heteroatoms. The first-order chi connectivity index (χ1) is 11.6. The molecule has 4 rings (SSSR count). The van der Waals surface area contributed by atoms with E-state index in [0.717, 1.165) is 29.9 Å². The van der Waals surface area contributed by atoms with Gasteiger partial charge in [0.05, 0.1) is 27.8 Å². The van der Waals surface area contributed by atoms with Crippen molar-refractivity contribution >= 4 is 40.5 Å². The Bertz CT molecular complexity index is 805. The van der Waals surface area contributed by atoms with Crippen molar-refractivity contribution in [2.24, 2.45) is 0 Å². The molecule has 1 aliphatic heterocycles. The SMILES string of the molecule is O=C(Nc1cnccc1C1CC1)C1CCNc2cc(Cl)c(Cl)cc21. The van der Waals surface area contributed by atoms with Gasteiger partial charge >= 0.3 is 0 Å². The summed E-state index contributed by atoms with van der Waals surface area (Å²) in [6.07, 6.45) is 6.59. The van der Waals surface area contributed by atoms with Crippen molar-refractivity contribution in [3.05, 3.63) is 51.8 Å². The molecule has 2 N–H and O–H groups in total. The summed E-state index contributed by atoms with van der Waals surface area (Å²) in [7, 11) is 0. The van der Waals surface area contributed by atoms with Gasteiger partial charge in [0.1, 0.15) is 0 Å². The Morgan fingerprint density at radius 3 is 2.75 bits per heavy atom. The van der Waals surface area contributed by atoms with E-state index >= 15 is 0 Å². The predicted molar refractivity (Wildman–Crippen MR) is 97.2 cm³/mol. The number of amides is 1. The molecule has 2 aliphatic rings. The monoisotopic (exact) mass is 361 g/mol. The first-order valence-electron chi connectivity index (χ1n) is 8.11. The largest absolute Gasteiger partial charge is 0.385 e. The molecule has 1 saturated carbocycles. The number of carbonyl (C=O) groups is 1. The summed E-state index contributed by atoms with van der Waals surface area (Å²) in [6, 6.07) is 5.58. The number of anilines is 2. The molecule has 1 aromatic carbocycles. The maximum Gasteiger partial charge on any atom is 0.232 e. The molecule has 24 heavy (non-hydrogen) atoms. The van der Waals surface area contributed by atoms with Crippen LogP contribution in [0.15, 0.2) is 30.6 Å².